The van der Waals surface area contributed by atoms with Crippen molar-refractivity contribution in [3.8, 4) is 11.5 Å². The molecule has 1 saturated heterocycles. The van der Waals surface area contributed by atoms with Gasteiger partial charge in [0.1, 0.15) is 11.5 Å². The van der Waals surface area contributed by atoms with Crippen LogP contribution in [-0.2, 0) is 19.1 Å². The first-order valence-electron chi connectivity index (χ1n) is 9.97. The number of hydrogen-bond donors (Lipinski definition) is 1. The number of nitrogens with one attached hydrogen (secondary N) is 1. The van der Waals surface area contributed by atoms with Crippen molar-refractivity contribution in [3.05, 3.63) is 52.1 Å². The van der Waals surface area contributed by atoms with Crippen molar-refractivity contribution < 1.29 is 33.5 Å². The topological polar surface area (TPSA) is 137 Å². The maximum absolute atomic E-state index is 12.4. The lowest BCUT2D eigenvalue weighted by Gasteiger charge is -2.17. The molecule has 1 aliphatic rings. The summed E-state index contributed by atoms with van der Waals surface area (Å²) in [4.78, 5) is 49.0. The number of nitrogens with zero attached hydrogens (tertiary/aromatic N) is 2. The lowest BCUT2D eigenvalue weighted by atomic mass is 10.1. The highest BCUT2D eigenvalue weighted by molar-refractivity contribution is 6.00. The highest BCUT2D eigenvalue weighted by Gasteiger charge is 2.37. The Morgan fingerprint density at radius 3 is 2.61 bits per heavy atom. The summed E-state index contributed by atoms with van der Waals surface area (Å²) in [6, 6.07) is 9.25. The van der Waals surface area contributed by atoms with Gasteiger partial charge in [0, 0.05) is 30.7 Å². The zero-order valence-electron chi connectivity index (χ0n) is 18.3. The number of carbonyl (C=O) groups is 3. The van der Waals surface area contributed by atoms with Crippen LogP contribution in [0.25, 0.3) is 0 Å². The summed E-state index contributed by atoms with van der Waals surface area (Å²) in [5.41, 5.74) is 1.06. The van der Waals surface area contributed by atoms with Crippen LogP contribution >= 0.6 is 0 Å². The monoisotopic (exact) mass is 457 g/mol. The molecule has 1 N–H and O–H groups in total. The van der Waals surface area contributed by atoms with E-state index in [4.69, 9.17) is 14.2 Å². The fourth-order valence-electron chi connectivity index (χ4n) is 3.42. The molecule has 3 rings (SSSR count). The Labute approximate surface area is 189 Å². The largest absolute Gasteiger partial charge is 0.497 e. The van der Waals surface area contributed by atoms with Crippen LogP contribution in [0.2, 0.25) is 0 Å². The number of ether oxygens (including phenoxy) is 3. The van der Waals surface area contributed by atoms with Crippen LogP contribution in [0, 0.1) is 23.0 Å². The molecule has 11 nitrogen and oxygen atoms in total. The van der Waals surface area contributed by atoms with Crippen molar-refractivity contribution >= 4 is 34.8 Å². The summed E-state index contributed by atoms with van der Waals surface area (Å²) in [5.74, 6) is -1.51. The standard InChI is InChI=1S/C22H23N3O8/c1-13-4-5-15(9-18(13)25(29)30)24-11-14(8-21(24)27)22(28)33-12-20(26)23-17-7-6-16(31-2)10-19(17)32-3/h4-7,9-10,14H,8,11-12H2,1-3H3,(H,23,26)/t14-/m1/s1. The molecule has 2 aromatic carbocycles. The van der Waals surface area contributed by atoms with Crippen LogP contribution in [-0.4, -0.2) is 50.1 Å². The first-order valence-corrected chi connectivity index (χ1v) is 9.97. The summed E-state index contributed by atoms with van der Waals surface area (Å²) in [7, 11) is 2.94. The highest BCUT2D eigenvalue weighted by Crippen LogP contribution is 2.31. The zero-order chi connectivity index (χ0) is 24.1. The number of rotatable bonds is 8. The third-order valence-corrected chi connectivity index (χ3v) is 5.19. The summed E-state index contributed by atoms with van der Waals surface area (Å²) in [6.45, 7) is 1.06. The lowest BCUT2D eigenvalue weighted by molar-refractivity contribution is -0.385. The van der Waals surface area contributed by atoms with Gasteiger partial charge < -0.3 is 24.4 Å². The van der Waals surface area contributed by atoms with Gasteiger partial charge in [-0.1, -0.05) is 6.07 Å². The van der Waals surface area contributed by atoms with E-state index in [-0.39, 0.29) is 24.6 Å². The van der Waals surface area contributed by atoms with E-state index in [2.05, 4.69) is 5.32 Å². The molecule has 11 heteroatoms. The number of carbonyl (C=O) groups excluding carboxylic acids is 3. The fraction of sp³-hybridized carbons (Fsp3) is 0.318. The molecule has 0 aromatic heterocycles. The summed E-state index contributed by atoms with van der Waals surface area (Å²) >= 11 is 0. The molecule has 0 radical (unpaired) electrons. The summed E-state index contributed by atoms with van der Waals surface area (Å²) in [5, 5.41) is 13.8. The van der Waals surface area contributed by atoms with Gasteiger partial charge in [-0.15, -0.1) is 0 Å². The Bertz CT molecular complexity index is 1100. The van der Waals surface area contributed by atoms with Crippen LogP contribution in [0.5, 0.6) is 11.5 Å². The zero-order valence-corrected chi connectivity index (χ0v) is 18.3. The van der Waals surface area contributed by atoms with Crippen LogP contribution < -0.4 is 19.7 Å². The molecule has 1 heterocycles. The third kappa shape index (κ3) is 5.37. The van der Waals surface area contributed by atoms with Gasteiger partial charge in [-0.2, -0.15) is 0 Å². The van der Waals surface area contributed by atoms with E-state index in [0.29, 0.717) is 28.4 Å². The Kier molecular flexibility index (Phi) is 7.11. The van der Waals surface area contributed by atoms with Crippen molar-refractivity contribution in [2.45, 2.75) is 13.3 Å². The second-order valence-corrected chi connectivity index (χ2v) is 7.36. The molecular weight excluding hydrogens is 434 g/mol. The van der Waals surface area contributed by atoms with Crippen molar-refractivity contribution in [2.75, 3.05) is 37.6 Å². The summed E-state index contributed by atoms with van der Waals surface area (Å²) < 4.78 is 15.4. The average molecular weight is 457 g/mol. The maximum Gasteiger partial charge on any atom is 0.311 e. The first-order chi connectivity index (χ1) is 15.7. The third-order valence-electron chi connectivity index (χ3n) is 5.19. The summed E-state index contributed by atoms with van der Waals surface area (Å²) in [6.07, 6.45) is -0.117. The van der Waals surface area contributed by atoms with Crippen LogP contribution in [0.1, 0.15) is 12.0 Å². The molecule has 1 atom stereocenters. The van der Waals surface area contributed by atoms with E-state index in [1.165, 1.54) is 25.2 Å². The molecule has 2 aromatic rings. The fourth-order valence-corrected chi connectivity index (χ4v) is 3.42. The van der Waals surface area contributed by atoms with Crippen LogP contribution in [0.4, 0.5) is 17.1 Å². The minimum absolute atomic E-state index is 0.00576. The number of anilines is 2. The molecule has 0 bridgehead atoms. The van der Waals surface area contributed by atoms with Crippen molar-refractivity contribution in [1.29, 1.82) is 0 Å². The number of methoxy groups -OCH3 is 2. The minimum Gasteiger partial charge on any atom is -0.497 e. The van der Waals surface area contributed by atoms with Gasteiger partial charge in [-0.25, -0.2) is 0 Å². The van der Waals surface area contributed by atoms with E-state index < -0.39 is 29.3 Å². The van der Waals surface area contributed by atoms with Crippen LogP contribution in [0.3, 0.4) is 0 Å². The normalized spacial score (nSPS) is 15.2. The second kappa shape index (κ2) is 9.98. The molecule has 0 unspecified atom stereocenters. The average Bonchev–Trinajstić information content (AvgIpc) is 3.19. The van der Waals surface area contributed by atoms with E-state index in [1.54, 1.807) is 37.3 Å². The van der Waals surface area contributed by atoms with Gasteiger partial charge in [0.2, 0.25) is 5.91 Å². The molecule has 0 saturated carbocycles. The van der Waals surface area contributed by atoms with Gasteiger partial charge in [0.15, 0.2) is 6.61 Å². The number of benzene rings is 2. The molecule has 0 aliphatic carbocycles. The number of amides is 2. The van der Waals surface area contributed by atoms with Gasteiger partial charge in [0.25, 0.3) is 11.6 Å². The Morgan fingerprint density at radius 1 is 1.18 bits per heavy atom. The number of esters is 1. The van der Waals surface area contributed by atoms with E-state index >= 15 is 0 Å². The van der Waals surface area contributed by atoms with Crippen LogP contribution in [0.15, 0.2) is 36.4 Å². The van der Waals surface area contributed by atoms with Gasteiger partial charge >= 0.3 is 5.97 Å². The number of nitro groups is 1. The van der Waals surface area contributed by atoms with Gasteiger partial charge in [0.05, 0.1) is 36.4 Å². The predicted molar refractivity (Wildman–Crippen MR) is 117 cm³/mol. The maximum atomic E-state index is 12.4. The van der Waals surface area contributed by atoms with Crippen molar-refractivity contribution in [1.82, 2.24) is 0 Å². The number of hydrogen-bond acceptors (Lipinski definition) is 8. The Balaban J connectivity index is 1.58. The van der Waals surface area contributed by atoms with Crippen molar-refractivity contribution in [3.63, 3.8) is 0 Å². The first kappa shape index (κ1) is 23.5. The lowest BCUT2D eigenvalue weighted by Crippen LogP contribution is -2.28. The second-order valence-electron chi connectivity index (χ2n) is 7.36. The molecule has 0 spiro atoms. The molecule has 33 heavy (non-hydrogen) atoms. The Morgan fingerprint density at radius 2 is 1.94 bits per heavy atom. The molecule has 174 valence electrons. The minimum atomic E-state index is -0.791. The van der Waals surface area contributed by atoms with E-state index in [1.807, 2.05) is 0 Å². The van der Waals surface area contributed by atoms with E-state index in [0.717, 1.165) is 0 Å². The quantitative estimate of drug-likeness (QED) is 0.363. The van der Waals surface area contributed by atoms with Crippen molar-refractivity contribution in [2.24, 2.45) is 5.92 Å². The van der Waals surface area contributed by atoms with Gasteiger partial charge in [-0.05, 0) is 25.1 Å². The number of nitro benzene ring substituents is 1. The Hall–Kier alpha value is -4.15. The molecule has 1 aliphatic heterocycles. The predicted octanol–water partition coefficient (Wildman–Crippen LogP) is 2.46. The highest BCUT2D eigenvalue weighted by atomic mass is 16.6. The molecule has 2 amide bonds. The van der Waals surface area contributed by atoms with Gasteiger partial charge in [-0.3, -0.25) is 24.5 Å². The SMILES string of the molecule is COc1ccc(NC(=O)COC(=O)[C@@H]2CC(=O)N(c3ccc(C)c([N+](=O)[O-])c3)C2)c(OC)c1. The smallest absolute Gasteiger partial charge is 0.311 e. The van der Waals surface area contributed by atoms with E-state index in [9.17, 15) is 24.5 Å². The number of aryl methyl sites for hydroxylation is 1. The molecule has 1 fully saturated rings. The molecular formula is C22H23N3O8.